The lowest BCUT2D eigenvalue weighted by Gasteiger charge is -2.12. The van der Waals surface area contributed by atoms with E-state index in [1.807, 2.05) is 25.1 Å². The molecule has 0 radical (unpaired) electrons. The topological polar surface area (TPSA) is 73.6 Å². The molecular weight excluding hydrogens is 328 g/mol. The Hall–Kier alpha value is -2.40. The Morgan fingerprint density at radius 3 is 2.54 bits per heavy atom. The van der Waals surface area contributed by atoms with Crippen LogP contribution in [-0.4, -0.2) is 26.7 Å². The summed E-state index contributed by atoms with van der Waals surface area (Å²) in [5.41, 5.74) is 8.64. The number of hydrogen-bond acceptors (Lipinski definition) is 4. The average Bonchev–Trinajstić information content (AvgIpc) is 2.57. The number of nitrogen functional groups attached to an aromatic ring is 1. The van der Waals surface area contributed by atoms with Crippen molar-refractivity contribution in [2.24, 2.45) is 0 Å². The fraction of sp³-hybridized carbons (Fsp3) is 0.278. The van der Waals surface area contributed by atoms with Gasteiger partial charge in [0.25, 0.3) is 5.91 Å². The normalized spacial score (nSPS) is 10.3. The molecule has 128 valence electrons. The zero-order chi connectivity index (χ0) is 17.7. The highest BCUT2D eigenvalue weighted by Gasteiger charge is 2.15. The predicted molar refractivity (Wildman–Crippen MR) is 96.2 cm³/mol. The molecule has 1 amide bonds. The molecule has 0 atom stereocenters. The first-order valence-electron chi connectivity index (χ1n) is 7.51. The van der Waals surface area contributed by atoms with E-state index in [4.69, 9.17) is 26.8 Å². The summed E-state index contributed by atoms with van der Waals surface area (Å²) in [6, 6.07) is 9.02. The Morgan fingerprint density at radius 2 is 1.88 bits per heavy atom. The van der Waals surface area contributed by atoms with Crippen LogP contribution in [0.5, 0.6) is 11.5 Å². The molecule has 24 heavy (non-hydrogen) atoms. The van der Waals surface area contributed by atoms with Crippen LogP contribution in [0.1, 0.15) is 21.5 Å². The van der Waals surface area contributed by atoms with E-state index in [9.17, 15) is 4.79 Å². The summed E-state index contributed by atoms with van der Waals surface area (Å²) in [5, 5.41) is 3.19. The molecule has 0 saturated carbocycles. The van der Waals surface area contributed by atoms with Gasteiger partial charge in [-0.1, -0.05) is 29.3 Å². The van der Waals surface area contributed by atoms with Crippen molar-refractivity contribution in [3.8, 4) is 11.5 Å². The van der Waals surface area contributed by atoms with Gasteiger partial charge in [0.1, 0.15) is 11.5 Å². The second-order valence-electron chi connectivity index (χ2n) is 5.40. The zero-order valence-corrected chi connectivity index (χ0v) is 14.7. The Kier molecular flexibility index (Phi) is 5.93. The van der Waals surface area contributed by atoms with Crippen molar-refractivity contribution in [2.45, 2.75) is 13.3 Å². The number of nitrogens with two attached hydrogens (primary N) is 1. The Labute approximate surface area is 146 Å². The second-order valence-corrected chi connectivity index (χ2v) is 5.80. The third kappa shape index (κ3) is 4.11. The van der Waals surface area contributed by atoms with Crippen LogP contribution in [0.25, 0.3) is 0 Å². The lowest BCUT2D eigenvalue weighted by atomic mass is 10.1. The van der Waals surface area contributed by atoms with Crippen LogP contribution < -0.4 is 20.5 Å². The quantitative estimate of drug-likeness (QED) is 0.786. The fourth-order valence-electron chi connectivity index (χ4n) is 2.42. The number of nitrogens with one attached hydrogen (secondary N) is 1. The van der Waals surface area contributed by atoms with Crippen LogP contribution >= 0.6 is 11.6 Å². The zero-order valence-electron chi connectivity index (χ0n) is 14.0. The number of ether oxygens (including phenoxy) is 2. The lowest BCUT2D eigenvalue weighted by Crippen LogP contribution is -2.26. The van der Waals surface area contributed by atoms with Crippen molar-refractivity contribution in [3.63, 3.8) is 0 Å². The van der Waals surface area contributed by atoms with E-state index < -0.39 is 0 Å². The molecule has 0 unspecified atom stereocenters. The molecule has 0 aliphatic rings. The van der Waals surface area contributed by atoms with Crippen molar-refractivity contribution in [2.75, 3.05) is 26.5 Å². The number of carbonyl (C=O) groups excluding carboxylic acids is 1. The van der Waals surface area contributed by atoms with Crippen LogP contribution in [0.4, 0.5) is 5.69 Å². The number of benzene rings is 2. The summed E-state index contributed by atoms with van der Waals surface area (Å²) in [5.74, 6) is 0.936. The number of methoxy groups -OCH3 is 2. The minimum atomic E-state index is -0.264. The van der Waals surface area contributed by atoms with Crippen LogP contribution in [0.3, 0.4) is 0 Å². The predicted octanol–water partition coefficient (Wildman–Crippen LogP) is 3.22. The Bertz CT molecular complexity index is 747. The molecule has 0 aromatic heterocycles. The van der Waals surface area contributed by atoms with Crippen LogP contribution in [-0.2, 0) is 6.42 Å². The molecule has 0 fully saturated rings. The number of amides is 1. The lowest BCUT2D eigenvalue weighted by molar-refractivity contribution is 0.0951. The number of aryl methyl sites for hydroxylation is 1. The van der Waals surface area contributed by atoms with Gasteiger partial charge in [-0.05, 0) is 31.0 Å². The van der Waals surface area contributed by atoms with Crippen molar-refractivity contribution in [3.05, 3.63) is 52.0 Å². The molecule has 3 N–H and O–H groups in total. The summed E-state index contributed by atoms with van der Waals surface area (Å²) in [7, 11) is 3.12. The minimum absolute atomic E-state index is 0.264. The van der Waals surface area contributed by atoms with Crippen molar-refractivity contribution >= 4 is 23.2 Å². The van der Waals surface area contributed by atoms with Crippen molar-refractivity contribution in [1.82, 2.24) is 5.32 Å². The van der Waals surface area contributed by atoms with E-state index in [2.05, 4.69) is 5.32 Å². The molecule has 5 nitrogen and oxygen atoms in total. The highest BCUT2D eigenvalue weighted by molar-refractivity contribution is 6.33. The van der Waals surface area contributed by atoms with Gasteiger partial charge in [0.15, 0.2) is 0 Å². The first-order valence-corrected chi connectivity index (χ1v) is 7.88. The SMILES string of the molecule is COc1ccc(C)cc1CCNC(=O)c1cc(Cl)c(N)cc1OC. The van der Waals surface area contributed by atoms with Crippen molar-refractivity contribution in [1.29, 1.82) is 0 Å². The number of carbonyl (C=O) groups is 1. The van der Waals surface area contributed by atoms with Crippen LogP contribution in [0, 0.1) is 6.92 Å². The van der Waals surface area contributed by atoms with Gasteiger partial charge in [-0.25, -0.2) is 0 Å². The van der Waals surface area contributed by atoms with Crippen molar-refractivity contribution < 1.29 is 14.3 Å². The van der Waals surface area contributed by atoms with Gasteiger partial charge in [0.2, 0.25) is 0 Å². The van der Waals surface area contributed by atoms with Crippen LogP contribution in [0.2, 0.25) is 5.02 Å². The molecule has 0 aliphatic heterocycles. The molecule has 0 aliphatic carbocycles. The first-order chi connectivity index (χ1) is 11.5. The van der Waals surface area contributed by atoms with E-state index in [0.717, 1.165) is 16.9 Å². The summed E-state index contributed by atoms with van der Waals surface area (Å²) >= 11 is 6.00. The Balaban J connectivity index is 2.07. The minimum Gasteiger partial charge on any atom is -0.496 e. The summed E-state index contributed by atoms with van der Waals surface area (Å²) in [4.78, 5) is 12.4. The smallest absolute Gasteiger partial charge is 0.255 e. The third-order valence-electron chi connectivity index (χ3n) is 3.68. The molecule has 2 aromatic rings. The highest BCUT2D eigenvalue weighted by atomic mass is 35.5. The van der Waals surface area contributed by atoms with Gasteiger partial charge in [0, 0.05) is 12.6 Å². The standard InChI is InChI=1S/C18H21ClN2O3/c1-11-4-5-16(23-2)12(8-11)6-7-21-18(22)13-9-14(19)15(20)10-17(13)24-3/h4-5,8-10H,6-7,20H2,1-3H3,(H,21,22). The largest absolute Gasteiger partial charge is 0.496 e. The molecule has 6 heteroatoms. The van der Waals surface area contributed by atoms with Gasteiger partial charge in [-0.3, -0.25) is 4.79 Å². The van der Waals surface area contributed by atoms with E-state index >= 15 is 0 Å². The van der Waals surface area contributed by atoms with Gasteiger partial charge in [0.05, 0.1) is 30.5 Å². The molecule has 0 bridgehead atoms. The first kappa shape index (κ1) is 17.9. The van der Waals surface area contributed by atoms with E-state index in [1.54, 1.807) is 13.2 Å². The fourth-order valence-corrected chi connectivity index (χ4v) is 2.59. The van der Waals surface area contributed by atoms with E-state index in [1.165, 1.54) is 13.2 Å². The summed E-state index contributed by atoms with van der Waals surface area (Å²) < 4.78 is 10.5. The summed E-state index contributed by atoms with van der Waals surface area (Å²) in [6.45, 7) is 2.48. The molecule has 2 aromatic carbocycles. The van der Waals surface area contributed by atoms with E-state index in [0.29, 0.717) is 35.0 Å². The van der Waals surface area contributed by atoms with Crippen LogP contribution in [0.15, 0.2) is 30.3 Å². The number of hydrogen-bond donors (Lipinski definition) is 2. The molecule has 0 spiro atoms. The van der Waals surface area contributed by atoms with Gasteiger partial charge < -0.3 is 20.5 Å². The molecule has 0 saturated heterocycles. The second kappa shape index (κ2) is 7.93. The summed E-state index contributed by atoms with van der Waals surface area (Å²) in [6.07, 6.45) is 0.654. The molecule has 2 rings (SSSR count). The molecular formula is C18H21ClN2O3. The number of halogens is 1. The average molecular weight is 349 g/mol. The maximum atomic E-state index is 12.4. The number of rotatable bonds is 6. The maximum absolute atomic E-state index is 12.4. The molecule has 0 heterocycles. The van der Waals surface area contributed by atoms with E-state index in [-0.39, 0.29) is 5.91 Å². The third-order valence-corrected chi connectivity index (χ3v) is 4.01. The Morgan fingerprint density at radius 1 is 1.17 bits per heavy atom. The van der Waals surface area contributed by atoms with Gasteiger partial charge in [-0.15, -0.1) is 0 Å². The van der Waals surface area contributed by atoms with Gasteiger partial charge in [-0.2, -0.15) is 0 Å². The number of anilines is 1. The van der Waals surface area contributed by atoms with Gasteiger partial charge >= 0.3 is 0 Å². The maximum Gasteiger partial charge on any atom is 0.255 e. The monoisotopic (exact) mass is 348 g/mol. The highest BCUT2D eigenvalue weighted by Crippen LogP contribution is 2.28.